The zero-order valence-corrected chi connectivity index (χ0v) is 30.0. The number of aliphatic carboxylic acids is 1. The summed E-state index contributed by atoms with van der Waals surface area (Å²) in [7, 11) is 1.62. The van der Waals surface area contributed by atoms with Crippen molar-refractivity contribution in [2.24, 2.45) is 4.99 Å². The quantitative estimate of drug-likeness (QED) is 0.116. The lowest BCUT2D eigenvalue weighted by Gasteiger charge is -2.14. The maximum absolute atomic E-state index is 13.2. The van der Waals surface area contributed by atoms with Gasteiger partial charge < -0.3 is 38.3 Å². The van der Waals surface area contributed by atoms with Crippen molar-refractivity contribution in [3.63, 3.8) is 0 Å². The number of fused-ring (bicyclic) bond motifs is 3. The van der Waals surface area contributed by atoms with Crippen LogP contribution >= 0.6 is 11.6 Å². The number of hydrogen-bond donors (Lipinski definition) is 1. The van der Waals surface area contributed by atoms with Gasteiger partial charge >= 0.3 is 5.97 Å². The fourth-order valence-electron chi connectivity index (χ4n) is 5.23. The van der Waals surface area contributed by atoms with Gasteiger partial charge in [-0.3, -0.25) is 19.1 Å². The Morgan fingerprint density at radius 1 is 0.765 bits per heavy atom. The minimum atomic E-state index is -0.883. The predicted molar refractivity (Wildman–Crippen MR) is 189 cm³/mol. The number of carbonyl (C=O) groups is 2. The second kappa shape index (κ2) is 22.2. The number of benzene rings is 2. The Balaban J connectivity index is 1.10. The number of hydrogen-bond acceptors (Lipinski definition) is 12. The molecule has 1 atom stereocenters. The summed E-state index contributed by atoms with van der Waals surface area (Å²) in [5.41, 5.74) is 3.30. The van der Waals surface area contributed by atoms with Gasteiger partial charge in [0.05, 0.1) is 97.6 Å². The smallest absolute Gasteiger partial charge is 0.305 e. The number of carboxylic acids is 1. The maximum Gasteiger partial charge on any atom is 0.305 e. The van der Waals surface area contributed by atoms with Crippen LogP contribution < -0.4 is 4.74 Å². The van der Waals surface area contributed by atoms with Crippen molar-refractivity contribution in [2.45, 2.75) is 38.6 Å². The Kier molecular flexibility index (Phi) is 17.4. The first-order chi connectivity index (χ1) is 24.9. The molecule has 3 aromatic rings. The summed E-state index contributed by atoms with van der Waals surface area (Å²) in [6, 6.07) is 12.7. The molecule has 1 N–H and O–H groups in total. The third kappa shape index (κ3) is 13.4. The van der Waals surface area contributed by atoms with E-state index in [0.29, 0.717) is 108 Å². The number of ether oxygens (including phenoxy) is 7. The highest BCUT2D eigenvalue weighted by Gasteiger charge is 2.30. The van der Waals surface area contributed by atoms with Gasteiger partial charge in [0.2, 0.25) is 0 Å². The molecule has 0 bridgehead atoms. The van der Waals surface area contributed by atoms with Crippen LogP contribution in [0.1, 0.15) is 54.5 Å². The molecule has 2 heterocycles. The lowest BCUT2D eigenvalue weighted by molar-refractivity contribution is -0.138. The van der Waals surface area contributed by atoms with Gasteiger partial charge in [0.1, 0.15) is 23.4 Å². The third-order valence-electron chi connectivity index (χ3n) is 7.74. The number of Topliss-reactive ketones (excluding diaryl/α,β-unsaturated/α-hetero) is 1. The van der Waals surface area contributed by atoms with Gasteiger partial charge in [0, 0.05) is 35.6 Å². The van der Waals surface area contributed by atoms with E-state index >= 15 is 0 Å². The van der Waals surface area contributed by atoms with Crippen molar-refractivity contribution >= 4 is 29.1 Å². The predicted octanol–water partition coefficient (Wildman–Crippen LogP) is 4.44. The van der Waals surface area contributed by atoms with Gasteiger partial charge in [-0.25, -0.2) is 0 Å². The van der Waals surface area contributed by atoms with Gasteiger partial charge in [-0.15, -0.1) is 10.2 Å². The molecule has 0 radical (unpaired) electrons. The average molecular weight is 731 g/mol. The standard InChI is InChI=1S/C36H47ClN4O10/c1-26-39-40-36-32(38-35(27-5-7-28(37)8-6-27)31-25-30(45-2)9-10-33(31)41(26)36)24-29(42)4-3-12-46-14-16-48-18-20-50-22-23-51-21-19-49-17-15-47-13-11-34(43)44/h5-10,25,32H,3-4,11-24H2,1-2H3,(H,43,44)/t32-/m0/s1. The average Bonchev–Trinajstić information content (AvgIpc) is 3.45. The summed E-state index contributed by atoms with van der Waals surface area (Å²) in [4.78, 5) is 28.7. The molecule has 1 aromatic heterocycles. The van der Waals surface area contributed by atoms with E-state index in [4.69, 9.17) is 54.9 Å². The summed E-state index contributed by atoms with van der Waals surface area (Å²) in [6.07, 6.45) is 1.09. The van der Waals surface area contributed by atoms with Crippen LogP contribution in [0.15, 0.2) is 47.5 Å². The van der Waals surface area contributed by atoms with Gasteiger partial charge in [-0.1, -0.05) is 23.7 Å². The number of carbonyl (C=O) groups excluding carboxylic acids is 1. The summed E-state index contributed by atoms with van der Waals surface area (Å²) in [5.74, 6) is 1.18. The minimum Gasteiger partial charge on any atom is -0.497 e. The second-order valence-electron chi connectivity index (χ2n) is 11.5. The number of aliphatic imine (C=N–C) groups is 1. The van der Waals surface area contributed by atoms with E-state index in [1.54, 1.807) is 7.11 Å². The summed E-state index contributed by atoms with van der Waals surface area (Å²) < 4.78 is 40.1. The van der Waals surface area contributed by atoms with Crippen LogP contribution in [0, 0.1) is 6.92 Å². The first kappa shape index (κ1) is 40.0. The fraction of sp³-hybridized carbons (Fsp3) is 0.528. The Bertz CT molecular complexity index is 1550. The fourth-order valence-corrected chi connectivity index (χ4v) is 5.35. The molecule has 1 aliphatic heterocycles. The summed E-state index contributed by atoms with van der Waals surface area (Å²) in [5, 5.41) is 17.9. The molecule has 51 heavy (non-hydrogen) atoms. The molecule has 14 nitrogen and oxygen atoms in total. The van der Waals surface area contributed by atoms with Crippen molar-refractivity contribution in [2.75, 3.05) is 86.4 Å². The van der Waals surface area contributed by atoms with E-state index in [2.05, 4.69) is 10.2 Å². The maximum atomic E-state index is 13.2. The molecule has 0 fully saturated rings. The number of methoxy groups -OCH3 is 1. The van der Waals surface area contributed by atoms with E-state index in [1.165, 1.54) is 0 Å². The Hall–Kier alpha value is -3.76. The number of aromatic nitrogens is 3. The van der Waals surface area contributed by atoms with E-state index in [1.807, 2.05) is 54.0 Å². The van der Waals surface area contributed by atoms with Crippen molar-refractivity contribution in [1.82, 2.24) is 14.8 Å². The first-order valence-electron chi connectivity index (χ1n) is 17.0. The van der Waals surface area contributed by atoms with E-state index in [0.717, 1.165) is 22.5 Å². The number of carboxylic acid groups (broad SMARTS) is 1. The molecule has 2 aromatic carbocycles. The minimum absolute atomic E-state index is 0.0143. The van der Waals surface area contributed by atoms with Crippen LogP contribution in [0.2, 0.25) is 5.02 Å². The SMILES string of the molecule is COc1ccc2c(c1)C(c1ccc(Cl)cc1)=N[C@@H](CC(=O)CCCOCCOCCOCCOCCOCCOCCC(=O)O)c1nnc(C)n1-2. The number of halogens is 1. The largest absolute Gasteiger partial charge is 0.497 e. The van der Waals surface area contributed by atoms with Crippen LogP contribution in [0.4, 0.5) is 0 Å². The summed E-state index contributed by atoms with van der Waals surface area (Å²) in [6.45, 7) is 6.72. The van der Waals surface area contributed by atoms with Crippen molar-refractivity contribution < 1.29 is 47.9 Å². The zero-order chi connectivity index (χ0) is 36.3. The van der Waals surface area contributed by atoms with E-state index in [-0.39, 0.29) is 25.2 Å². The van der Waals surface area contributed by atoms with Crippen LogP contribution in [-0.4, -0.2) is 124 Å². The molecular weight excluding hydrogens is 684 g/mol. The van der Waals surface area contributed by atoms with Crippen molar-refractivity contribution in [3.8, 4) is 11.4 Å². The molecule has 0 aliphatic carbocycles. The molecule has 0 unspecified atom stereocenters. The van der Waals surface area contributed by atoms with Crippen LogP contribution in [0.3, 0.4) is 0 Å². The van der Waals surface area contributed by atoms with Crippen molar-refractivity contribution in [1.29, 1.82) is 0 Å². The molecule has 1 aliphatic rings. The highest BCUT2D eigenvalue weighted by Crippen LogP contribution is 2.34. The Morgan fingerprint density at radius 2 is 1.33 bits per heavy atom. The molecule has 0 amide bonds. The molecule has 4 rings (SSSR count). The van der Waals surface area contributed by atoms with Crippen molar-refractivity contribution in [3.05, 3.63) is 70.3 Å². The number of aryl methyl sites for hydroxylation is 1. The molecule has 278 valence electrons. The molecular formula is C36H47ClN4O10. The van der Waals surface area contributed by atoms with E-state index in [9.17, 15) is 9.59 Å². The van der Waals surface area contributed by atoms with Gasteiger partial charge in [-0.05, 0) is 43.7 Å². The molecule has 15 heteroatoms. The highest BCUT2D eigenvalue weighted by atomic mass is 35.5. The van der Waals surface area contributed by atoms with Crippen LogP contribution in [0.5, 0.6) is 5.75 Å². The molecule has 0 saturated carbocycles. The lowest BCUT2D eigenvalue weighted by atomic mass is 9.99. The van der Waals surface area contributed by atoms with Gasteiger partial charge in [0.25, 0.3) is 0 Å². The van der Waals surface area contributed by atoms with E-state index < -0.39 is 12.0 Å². The van der Waals surface area contributed by atoms with Gasteiger partial charge in [-0.2, -0.15) is 0 Å². The third-order valence-corrected chi connectivity index (χ3v) is 7.99. The second-order valence-corrected chi connectivity index (χ2v) is 11.9. The number of nitrogens with zero attached hydrogens (tertiary/aromatic N) is 4. The normalized spacial score (nSPS) is 13.7. The van der Waals surface area contributed by atoms with Crippen LogP contribution in [0.25, 0.3) is 5.69 Å². The lowest BCUT2D eigenvalue weighted by Crippen LogP contribution is -2.14. The Labute approximate surface area is 303 Å². The summed E-state index contributed by atoms with van der Waals surface area (Å²) >= 11 is 6.19. The van der Waals surface area contributed by atoms with Gasteiger partial charge in [0.15, 0.2) is 5.82 Å². The molecule has 0 spiro atoms. The molecule has 0 saturated heterocycles. The first-order valence-corrected chi connectivity index (χ1v) is 17.4. The zero-order valence-electron chi connectivity index (χ0n) is 29.2. The van der Waals surface area contributed by atoms with Crippen LogP contribution in [-0.2, 0) is 38.0 Å². The topological polar surface area (TPSA) is 162 Å². The monoisotopic (exact) mass is 730 g/mol. The number of ketones is 1. The Morgan fingerprint density at radius 3 is 1.90 bits per heavy atom. The number of rotatable bonds is 26. The highest BCUT2D eigenvalue weighted by molar-refractivity contribution is 6.30.